The van der Waals surface area contributed by atoms with Gasteiger partial charge in [0.25, 0.3) is 5.91 Å². The van der Waals surface area contributed by atoms with Gasteiger partial charge in [-0.3, -0.25) is 4.79 Å². The minimum atomic E-state index is 0.0863. The molecule has 2 atom stereocenters. The van der Waals surface area contributed by atoms with Crippen molar-refractivity contribution < 1.29 is 4.79 Å². The lowest BCUT2D eigenvalue weighted by molar-refractivity contribution is 0.0674. The molecule has 1 fully saturated rings. The standard InChI is InChI=1S/C17H23N5O/c1-11-9-21(10-12(2)18-11)17(23)15-5-7-16(8-6-15)22-14(4)19-13(3)20-22/h5-8,11-12,18H,9-10H2,1-4H3. The fourth-order valence-corrected chi connectivity index (χ4v) is 3.19. The van der Waals surface area contributed by atoms with Gasteiger partial charge in [0, 0.05) is 30.7 Å². The van der Waals surface area contributed by atoms with E-state index in [1.54, 1.807) is 4.68 Å². The molecule has 2 heterocycles. The fraction of sp³-hybridized carbons (Fsp3) is 0.471. The van der Waals surface area contributed by atoms with Crippen molar-refractivity contribution in [3.8, 4) is 5.69 Å². The summed E-state index contributed by atoms with van der Waals surface area (Å²) in [6.07, 6.45) is 0. The van der Waals surface area contributed by atoms with E-state index in [1.807, 2.05) is 43.0 Å². The van der Waals surface area contributed by atoms with Gasteiger partial charge in [0.1, 0.15) is 11.6 Å². The number of nitrogens with zero attached hydrogens (tertiary/aromatic N) is 4. The number of carbonyl (C=O) groups is 1. The molecule has 1 saturated heterocycles. The second-order valence-corrected chi connectivity index (χ2v) is 6.34. The van der Waals surface area contributed by atoms with Crippen LogP contribution >= 0.6 is 0 Å². The van der Waals surface area contributed by atoms with Crippen LogP contribution in [0.1, 0.15) is 35.9 Å². The Morgan fingerprint density at radius 1 is 1.13 bits per heavy atom. The minimum absolute atomic E-state index is 0.0863. The molecular formula is C17H23N5O. The molecule has 122 valence electrons. The number of nitrogens with one attached hydrogen (secondary N) is 1. The van der Waals surface area contributed by atoms with E-state index >= 15 is 0 Å². The number of hydrogen-bond donors (Lipinski definition) is 1. The second kappa shape index (κ2) is 6.12. The molecule has 3 rings (SSSR count). The van der Waals surface area contributed by atoms with E-state index in [0.29, 0.717) is 17.6 Å². The highest BCUT2D eigenvalue weighted by molar-refractivity contribution is 5.94. The summed E-state index contributed by atoms with van der Waals surface area (Å²) in [7, 11) is 0. The first-order valence-corrected chi connectivity index (χ1v) is 8.00. The minimum Gasteiger partial charge on any atom is -0.336 e. The van der Waals surface area contributed by atoms with Gasteiger partial charge < -0.3 is 10.2 Å². The first-order chi connectivity index (χ1) is 10.9. The highest BCUT2D eigenvalue weighted by Gasteiger charge is 2.25. The Morgan fingerprint density at radius 3 is 2.26 bits per heavy atom. The van der Waals surface area contributed by atoms with Crippen LogP contribution in [0.15, 0.2) is 24.3 Å². The first-order valence-electron chi connectivity index (χ1n) is 8.00. The van der Waals surface area contributed by atoms with Crippen molar-refractivity contribution in [2.24, 2.45) is 0 Å². The van der Waals surface area contributed by atoms with Crippen LogP contribution < -0.4 is 5.32 Å². The Hall–Kier alpha value is -2.21. The van der Waals surface area contributed by atoms with E-state index < -0.39 is 0 Å². The highest BCUT2D eigenvalue weighted by atomic mass is 16.2. The van der Waals surface area contributed by atoms with Crippen molar-refractivity contribution >= 4 is 5.91 Å². The molecule has 6 heteroatoms. The number of hydrogen-bond acceptors (Lipinski definition) is 4. The average Bonchev–Trinajstić information content (AvgIpc) is 2.84. The van der Waals surface area contributed by atoms with Crippen molar-refractivity contribution in [3.63, 3.8) is 0 Å². The molecule has 1 aromatic heterocycles. The van der Waals surface area contributed by atoms with Crippen molar-refractivity contribution in [2.75, 3.05) is 13.1 Å². The highest BCUT2D eigenvalue weighted by Crippen LogP contribution is 2.14. The summed E-state index contributed by atoms with van der Waals surface area (Å²) in [4.78, 5) is 18.9. The molecule has 2 aromatic rings. The largest absolute Gasteiger partial charge is 0.336 e. The zero-order chi connectivity index (χ0) is 16.6. The number of carbonyl (C=O) groups excluding carboxylic acids is 1. The summed E-state index contributed by atoms with van der Waals surface area (Å²) in [5.41, 5.74) is 1.63. The normalized spacial score (nSPS) is 21.5. The molecule has 1 aliphatic heterocycles. The topological polar surface area (TPSA) is 63.1 Å². The summed E-state index contributed by atoms with van der Waals surface area (Å²) in [5, 5.41) is 7.81. The summed E-state index contributed by atoms with van der Waals surface area (Å²) < 4.78 is 1.79. The number of amides is 1. The smallest absolute Gasteiger partial charge is 0.253 e. The number of rotatable bonds is 2. The number of aromatic nitrogens is 3. The zero-order valence-corrected chi connectivity index (χ0v) is 14.1. The molecular weight excluding hydrogens is 290 g/mol. The average molecular weight is 313 g/mol. The van der Waals surface area contributed by atoms with Crippen LogP contribution in [0.2, 0.25) is 0 Å². The third kappa shape index (κ3) is 3.27. The molecule has 2 unspecified atom stereocenters. The predicted octanol–water partition coefficient (Wildman–Crippen LogP) is 1.71. The Morgan fingerprint density at radius 2 is 1.74 bits per heavy atom. The maximum atomic E-state index is 12.7. The van der Waals surface area contributed by atoms with Crippen LogP contribution in [-0.4, -0.2) is 50.7 Å². The van der Waals surface area contributed by atoms with Crippen molar-refractivity contribution in [3.05, 3.63) is 41.5 Å². The van der Waals surface area contributed by atoms with Crippen molar-refractivity contribution in [1.82, 2.24) is 25.0 Å². The third-order valence-corrected chi connectivity index (χ3v) is 4.08. The maximum Gasteiger partial charge on any atom is 0.253 e. The van der Waals surface area contributed by atoms with Gasteiger partial charge in [-0.2, -0.15) is 5.10 Å². The zero-order valence-electron chi connectivity index (χ0n) is 14.1. The van der Waals surface area contributed by atoms with E-state index in [1.165, 1.54) is 0 Å². The molecule has 23 heavy (non-hydrogen) atoms. The van der Waals surface area contributed by atoms with Crippen LogP contribution in [0, 0.1) is 13.8 Å². The van der Waals surface area contributed by atoms with Crippen LogP contribution in [0.3, 0.4) is 0 Å². The predicted molar refractivity (Wildman–Crippen MR) is 88.8 cm³/mol. The van der Waals surface area contributed by atoms with Gasteiger partial charge in [-0.1, -0.05) is 0 Å². The van der Waals surface area contributed by atoms with Gasteiger partial charge in [0.05, 0.1) is 5.69 Å². The van der Waals surface area contributed by atoms with Crippen LogP contribution in [-0.2, 0) is 0 Å². The number of benzene rings is 1. The van der Waals surface area contributed by atoms with Crippen LogP contribution in [0.4, 0.5) is 0 Å². The molecule has 6 nitrogen and oxygen atoms in total. The monoisotopic (exact) mass is 313 g/mol. The van der Waals surface area contributed by atoms with Gasteiger partial charge in [-0.25, -0.2) is 9.67 Å². The second-order valence-electron chi connectivity index (χ2n) is 6.34. The van der Waals surface area contributed by atoms with Gasteiger partial charge in [0.15, 0.2) is 0 Å². The van der Waals surface area contributed by atoms with Crippen LogP contribution in [0.25, 0.3) is 5.69 Å². The quantitative estimate of drug-likeness (QED) is 0.917. The molecule has 0 aliphatic carbocycles. The fourth-order valence-electron chi connectivity index (χ4n) is 3.19. The van der Waals surface area contributed by atoms with E-state index in [2.05, 4.69) is 29.2 Å². The number of aryl methyl sites for hydroxylation is 2. The Balaban J connectivity index is 1.79. The molecule has 1 N–H and O–H groups in total. The van der Waals surface area contributed by atoms with Gasteiger partial charge in [-0.05, 0) is 52.0 Å². The van der Waals surface area contributed by atoms with E-state index in [4.69, 9.17) is 0 Å². The van der Waals surface area contributed by atoms with Crippen molar-refractivity contribution in [1.29, 1.82) is 0 Å². The maximum absolute atomic E-state index is 12.7. The van der Waals surface area contributed by atoms with E-state index in [9.17, 15) is 4.79 Å². The summed E-state index contributed by atoms with van der Waals surface area (Å²) in [5.74, 6) is 1.67. The lowest BCUT2D eigenvalue weighted by atomic mass is 10.1. The first kappa shape index (κ1) is 15.7. The lowest BCUT2D eigenvalue weighted by Crippen LogP contribution is -2.55. The molecule has 0 bridgehead atoms. The van der Waals surface area contributed by atoms with Gasteiger partial charge >= 0.3 is 0 Å². The summed E-state index contributed by atoms with van der Waals surface area (Å²) in [6, 6.07) is 8.22. The molecule has 1 aromatic carbocycles. The Bertz CT molecular complexity index is 696. The van der Waals surface area contributed by atoms with Gasteiger partial charge in [-0.15, -0.1) is 0 Å². The lowest BCUT2D eigenvalue weighted by Gasteiger charge is -2.36. The Labute approximate surface area is 136 Å². The molecule has 1 amide bonds. The summed E-state index contributed by atoms with van der Waals surface area (Å²) in [6.45, 7) is 9.49. The van der Waals surface area contributed by atoms with Crippen LogP contribution in [0.5, 0.6) is 0 Å². The van der Waals surface area contributed by atoms with Gasteiger partial charge in [0.2, 0.25) is 0 Å². The SMILES string of the molecule is Cc1nc(C)n(-c2ccc(C(=O)N3CC(C)NC(C)C3)cc2)n1. The van der Waals surface area contributed by atoms with E-state index in [-0.39, 0.29) is 5.91 Å². The molecule has 0 radical (unpaired) electrons. The molecule has 1 aliphatic rings. The number of piperazine rings is 1. The van der Waals surface area contributed by atoms with Crippen molar-refractivity contribution in [2.45, 2.75) is 39.8 Å². The third-order valence-electron chi connectivity index (χ3n) is 4.08. The molecule has 0 saturated carbocycles. The summed E-state index contributed by atoms with van der Waals surface area (Å²) >= 11 is 0. The molecule has 0 spiro atoms. The Kier molecular flexibility index (Phi) is 4.17. The van der Waals surface area contributed by atoms with E-state index in [0.717, 1.165) is 30.4 Å².